The number of amides is 1. The number of H-pyrrole nitrogens is 1. The van der Waals surface area contributed by atoms with E-state index in [9.17, 15) is 4.79 Å². The molecule has 0 radical (unpaired) electrons. The zero-order chi connectivity index (χ0) is 11.4. The monoisotopic (exact) mass is 227 g/mol. The van der Waals surface area contributed by atoms with E-state index in [1.54, 1.807) is 7.05 Å². The number of carbonyl (C=O) groups excluding carboxylic acids is 1. The van der Waals surface area contributed by atoms with E-state index in [1.165, 1.54) is 11.1 Å². The summed E-state index contributed by atoms with van der Waals surface area (Å²) in [4.78, 5) is 13.6. The average molecular weight is 227 g/mol. The van der Waals surface area contributed by atoms with Crippen LogP contribution in [0, 0.1) is 5.92 Å². The molecule has 0 saturated carbocycles. The number of hydrogen-bond donors (Lipinski definition) is 2. The third-order valence-corrected chi connectivity index (χ3v) is 2.42. The number of aromatic nitrogens is 3. The van der Waals surface area contributed by atoms with Crippen LogP contribution in [0.1, 0.15) is 17.4 Å². The van der Waals surface area contributed by atoms with Gasteiger partial charge in [0.2, 0.25) is 0 Å². The van der Waals surface area contributed by atoms with Crippen LogP contribution in [0.3, 0.4) is 0 Å². The van der Waals surface area contributed by atoms with Gasteiger partial charge >= 0.3 is 0 Å². The van der Waals surface area contributed by atoms with Crippen LogP contribution >= 0.6 is 12.2 Å². The molecule has 0 bridgehead atoms. The smallest absolute Gasteiger partial charge is 0.275 e. The summed E-state index contributed by atoms with van der Waals surface area (Å²) in [5, 5.41) is 9.65. The van der Waals surface area contributed by atoms with Gasteiger partial charge in [0.1, 0.15) is 0 Å². The Morgan fingerprint density at radius 2 is 2.47 bits per heavy atom. The minimum absolute atomic E-state index is 0.0131. The quantitative estimate of drug-likeness (QED) is 0.695. The number of hydrogen-bond acceptors (Lipinski definition) is 4. The van der Waals surface area contributed by atoms with Gasteiger partial charge in [-0.05, 0) is 0 Å². The summed E-state index contributed by atoms with van der Waals surface area (Å²) >= 11 is 4.83. The largest absolute Gasteiger partial charge is 0.393 e. The summed E-state index contributed by atoms with van der Waals surface area (Å²) in [6, 6.07) is 0. The number of nitrogens with zero attached hydrogens (tertiary/aromatic N) is 3. The maximum absolute atomic E-state index is 11.7. The minimum atomic E-state index is -0.202. The molecule has 0 saturated heterocycles. The Hall–Kier alpha value is -1.50. The summed E-state index contributed by atoms with van der Waals surface area (Å²) in [6.45, 7) is 2.34. The van der Waals surface area contributed by atoms with Gasteiger partial charge in [-0.15, -0.1) is 0 Å². The van der Waals surface area contributed by atoms with Gasteiger partial charge in [0, 0.05) is 19.5 Å². The lowest BCUT2D eigenvalue weighted by Gasteiger charge is -2.19. The van der Waals surface area contributed by atoms with Crippen LogP contribution in [0.2, 0.25) is 0 Å². The number of carbonyl (C=O) groups is 1. The normalized spacial score (nSPS) is 12.1. The summed E-state index contributed by atoms with van der Waals surface area (Å²) in [5.41, 5.74) is 5.75. The van der Waals surface area contributed by atoms with Crippen LogP contribution < -0.4 is 5.73 Å². The van der Waals surface area contributed by atoms with E-state index in [4.69, 9.17) is 18.0 Å². The first kappa shape index (κ1) is 11.6. The highest BCUT2D eigenvalue weighted by Gasteiger charge is 2.17. The molecule has 0 spiro atoms. The highest BCUT2D eigenvalue weighted by Crippen LogP contribution is 2.02. The Bertz CT molecular complexity index is 350. The Balaban J connectivity index is 2.58. The Labute approximate surface area is 92.8 Å². The third-order valence-electron chi connectivity index (χ3n) is 2.01. The fraction of sp³-hybridized carbons (Fsp3) is 0.500. The molecule has 1 amide bonds. The predicted octanol–water partition coefficient (Wildman–Crippen LogP) is -0.201. The molecular weight excluding hydrogens is 214 g/mol. The van der Waals surface area contributed by atoms with Gasteiger partial charge in [-0.3, -0.25) is 4.79 Å². The lowest BCUT2D eigenvalue weighted by Crippen LogP contribution is -2.35. The Kier molecular flexibility index (Phi) is 3.73. The fourth-order valence-electron chi connectivity index (χ4n) is 1.08. The molecule has 15 heavy (non-hydrogen) atoms. The first-order valence-electron chi connectivity index (χ1n) is 4.43. The van der Waals surface area contributed by atoms with Crippen molar-refractivity contribution in [3.05, 3.63) is 11.9 Å². The molecule has 0 aliphatic rings. The molecule has 1 aromatic rings. The van der Waals surface area contributed by atoms with Crippen LogP contribution in [0.15, 0.2) is 6.20 Å². The van der Waals surface area contributed by atoms with E-state index >= 15 is 0 Å². The number of rotatable bonds is 4. The summed E-state index contributed by atoms with van der Waals surface area (Å²) in [5.74, 6) is -0.215. The molecule has 0 aliphatic carbocycles. The van der Waals surface area contributed by atoms with Gasteiger partial charge in [-0.1, -0.05) is 19.1 Å². The molecular formula is C8H13N5OS. The second kappa shape index (κ2) is 4.83. The van der Waals surface area contributed by atoms with E-state index < -0.39 is 0 Å². The maximum atomic E-state index is 11.7. The molecule has 0 fully saturated rings. The Morgan fingerprint density at radius 3 is 2.93 bits per heavy atom. The van der Waals surface area contributed by atoms with Crippen LogP contribution in [0.5, 0.6) is 0 Å². The van der Waals surface area contributed by atoms with Gasteiger partial charge < -0.3 is 10.6 Å². The van der Waals surface area contributed by atoms with Crippen LogP contribution in [-0.2, 0) is 0 Å². The lowest BCUT2D eigenvalue weighted by molar-refractivity contribution is 0.0781. The summed E-state index contributed by atoms with van der Waals surface area (Å²) in [7, 11) is 1.67. The second-order valence-electron chi connectivity index (χ2n) is 3.34. The SMILES string of the molecule is CC(CN(C)C(=O)c1cn[nH]n1)C(N)=S. The van der Waals surface area contributed by atoms with E-state index in [-0.39, 0.29) is 17.5 Å². The van der Waals surface area contributed by atoms with Crippen molar-refractivity contribution in [2.24, 2.45) is 11.7 Å². The molecule has 1 aromatic heterocycles. The lowest BCUT2D eigenvalue weighted by atomic mass is 10.1. The minimum Gasteiger partial charge on any atom is -0.393 e. The van der Waals surface area contributed by atoms with Crippen molar-refractivity contribution in [3.8, 4) is 0 Å². The number of nitrogens with two attached hydrogens (primary N) is 1. The van der Waals surface area contributed by atoms with E-state index in [2.05, 4.69) is 15.4 Å². The number of aromatic amines is 1. The molecule has 1 atom stereocenters. The highest BCUT2D eigenvalue weighted by atomic mass is 32.1. The van der Waals surface area contributed by atoms with Crippen molar-refractivity contribution in [1.82, 2.24) is 20.3 Å². The number of nitrogens with one attached hydrogen (secondary N) is 1. The number of thiocarbonyl (C=S) groups is 1. The van der Waals surface area contributed by atoms with Crippen molar-refractivity contribution < 1.29 is 4.79 Å². The van der Waals surface area contributed by atoms with Crippen molar-refractivity contribution in [1.29, 1.82) is 0 Å². The fourth-order valence-corrected chi connectivity index (χ4v) is 1.16. The molecule has 82 valence electrons. The van der Waals surface area contributed by atoms with Crippen molar-refractivity contribution >= 4 is 23.1 Å². The topological polar surface area (TPSA) is 87.9 Å². The molecule has 1 heterocycles. The summed E-state index contributed by atoms with van der Waals surface area (Å²) < 4.78 is 0. The zero-order valence-corrected chi connectivity index (χ0v) is 9.41. The van der Waals surface area contributed by atoms with Crippen molar-refractivity contribution in [3.63, 3.8) is 0 Å². The Morgan fingerprint density at radius 1 is 1.80 bits per heavy atom. The molecule has 0 aliphatic heterocycles. The van der Waals surface area contributed by atoms with Gasteiger partial charge in [0.05, 0.1) is 11.2 Å². The zero-order valence-electron chi connectivity index (χ0n) is 8.60. The van der Waals surface area contributed by atoms with Crippen LogP contribution in [0.4, 0.5) is 0 Å². The van der Waals surface area contributed by atoms with Crippen molar-refractivity contribution in [2.45, 2.75) is 6.92 Å². The van der Waals surface area contributed by atoms with E-state index in [0.717, 1.165) is 0 Å². The average Bonchev–Trinajstić information content (AvgIpc) is 2.68. The van der Waals surface area contributed by atoms with E-state index in [1.807, 2.05) is 6.92 Å². The maximum Gasteiger partial charge on any atom is 0.275 e. The highest BCUT2D eigenvalue weighted by molar-refractivity contribution is 7.80. The van der Waals surface area contributed by atoms with Gasteiger partial charge in [-0.2, -0.15) is 15.4 Å². The molecule has 1 rings (SSSR count). The van der Waals surface area contributed by atoms with Crippen molar-refractivity contribution in [2.75, 3.05) is 13.6 Å². The molecule has 0 aromatic carbocycles. The standard InChI is InChI=1S/C8H13N5OS/c1-5(7(9)15)4-13(2)8(14)6-3-10-12-11-6/h3,5H,4H2,1-2H3,(H2,9,15)(H,10,11,12). The molecule has 3 N–H and O–H groups in total. The van der Waals surface area contributed by atoms with Gasteiger partial charge in [0.25, 0.3) is 5.91 Å². The van der Waals surface area contributed by atoms with Crippen LogP contribution in [0.25, 0.3) is 0 Å². The first-order valence-corrected chi connectivity index (χ1v) is 4.83. The summed E-state index contributed by atoms with van der Waals surface area (Å²) in [6.07, 6.45) is 1.38. The van der Waals surface area contributed by atoms with Crippen LogP contribution in [-0.4, -0.2) is 44.8 Å². The molecule has 1 unspecified atom stereocenters. The van der Waals surface area contributed by atoms with Gasteiger partial charge in [0.15, 0.2) is 5.69 Å². The first-order chi connectivity index (χ1) is 7.02. The predicted molar refractivity (Wildman–Crippen MR) is 59.3 cm³/mol. The molecule has 6 nitrogen and oxygen atoms in total. The third kappa shape index (κ3) is 2.98. The second-order valence-corrected chi connectivity index (χ2v) is 3.82. The van der Waals surface area contributed by atoms with E-state index in [0.29, 0.717) is 11.5 Å². The molecule has 7 heteroatoms. The van der Waals surface area contributed by atoms with Gasteiger partial charge in [-0.25, -0.2) is 0 Å².